The minimum absolute atomic E-state index is 0.0658. The Morgan fingerprint density at radius 1 is 1.19 bits per heavy atom. The van der Waals surface area contributed by atoms with E-state index in [9.17, 15) is 22.4 Å². The van der Waals surface area contributed by atoms with Gasteiger partial charge in [-0.1, -0.05) is 29.8 Å². The molecule has 1 aliphatic rings. The Balaban J connectivity index is 1.62. The highest BCUT2D eigenvalue weighted by atomic mass is 35.5. The average molecular weight is 484 g/mol. The molecular weight excluding hydrogens is 461 g/mol. The van der Waals surface area contributed by atoms with Gasteiger partial charge >= 0.3 is 11.8 Å². The van der Waals surface area contributed by atoms with E-state index < -0.39 is 33.9 Å². The monoisotopic (exact) mass is 483 g/mol. The molecule has 172 valence electrons. The number of nitrogens with zero attached hydrogens (tertiary/aromatic N) is 1. The first-order valence-electron chi connectivity index (χ1n) is 9.89. The number of halogens is 2. The van der Waals surface area contributed by atoms with Crippen LogP contribution in [0.4, 0.5) is 4.39 Å². The summed E-state index contributed by atoms with van der Waals surface area (Å²) in [5.74, 6) is -2.32. The molecule has 2 N–H and O–H groups in total. The number of hydrogen-bond acceptors (Lipinski definition) is 5. The predicted molar refractivity (Wildman–Crippen MR) is 116 cm³/mol. The summed E-state index contributed by atoms with van der Waals surface area (Å²) in [6, 6.07) is 10.4. The molecule has 1 aliphatic heterocycles. The van der Waals surface area contributed by atoms with Crippen LogP contribution in [0.1, 0.15) is 17.5 Å². The zero-order chi connectivity index (χ0) is 23.3. The highest BCUT2D eigenvalue weighted by Crippen LogP contribution is 2.23. The van der Waals surface area contributed by atoms with Crippen molar-refractivity contribution >= 4 is 33.4 Å². The van der Waals surface area contributed by atoms with Crippen molar-refractivity contribution in [2.45, 2.75) is 31.0 Å². The fourth-order valence-electron chi connectivity index (χ4n) is 3.17. The molecule has 2 aromatic carbocycles. The van der Waals surface area contributed by atoms with E-state index in [1.54, 1.807) is 24.3 Å². The van der Waals surface area contributed by atoms with Crippen LogP contribution in [0.2, 0.25) is 5.02 Å². The Hall–Kier alpha value is -2.53. The van der Waals surface area contributed by atoms with Gasteiger partial charge in [-0.15, -0.1) is 0 Å². The molecule has 0 radical (unpaired) electrons. The third kappa shape index (κ3) is 5.63. The van der Waals surface area contributed by atoms with Gasteiger partial charge in [-0.05, 0) is 48.7 Å². The SMILES string of the molecule is Cc1cc(S(=O)(=O)N2CCCO[C@H]2CNC(=O)C(=O)NCc2ccccc2Cl)ccc1F. The minimum Gasteiger partial charge on any atom is -0.360 e. The van der Waals surface area contributed by atoms with E-state index in [4.69, 9.17) is 16.3 Å². The van der Waals surface area contributed by atoms with Gasteiger partial charge in [0.2, 0.25) is 10.0 Å². The number of sulfonamides is 1. The molecule has 3 rings (SSSR count). The maximum absolute atomic E-state index is 13.6. The molecule has 32 heavy (non-hydrogen) atoms. The number of amides is 2. The first-order valence-corrected chi connectivity index (χ1v) is 11.7. The Kier molecular flexibility index (Phi) is 7.83. The second-order valence-corrected chi connectivity index (χ2v) is 9.49. The molecule has 0 spiro atoms. The summed E-state index contributed by atoms with van der Waals surface area (Å²) in [5.41, 5.74) is 0.849. The molecule has 0 bridgehead atoms. The third-order valence-corrected chi connectivity index (χ3v) is 7.18. The van der Waals surface area contributed by atoms with Gasteiger partial charge in [-0.3, -0.25) is 9.59 Å². The van der Waals surface area contributed by atoms with Crippen LogP contribution >= 0.6 is 11.6 Å². The molecule has 0 aromatic heterocycles. The van der Waals surface area contributed by atoms with Crippen molar-refractivity contribution in [1.82, 2.24) is 14.9 Å². The van der Waals surface area contributed by atoms with Gasteiger partial charge in [0.15, 0.2) is 0 Å². The van der Waals surface area contributed by atoms with Crippen LogP contribution < -0.4 is 10.6 Å². The molecule has 0 aliphatic carbocycles. The lowest BCUT2D eigenvalue weighted by molar-refractivity contribution is -0.140. The van der Waals surface area contributed by atoms with E-state index in [0.29, 0.717) is 23.6 Å². The smallest absolute Gasteiger partial charge is 0.309 e. The summed E-state index contributed by atoms with van der Waals surface area (Å²) in [5, 5.41) is 5.32. The van der Waals surface area contributed by atoms with E-state index >= 15 is 0 Å². The highest BCUT2D eigenvalue weighted by Gasteiger charge is 2.35. The first kappa shape index (κ1) is 24.1. The van der Waals surface area contributed by atoms with Crippen LogP contribution in [0.3, 0.4) is 0 Å². The fraction of sp³-hybridized carbons (Fsp3) is 0.333. The van der Waals surface area contributed by atoms with Crippen LogP contribution in [0.15, 0.2) is 47.4 Å². The lowest BCUT2D eigenvalue weighted by atomic mass is 10.2. The van der Waals surface area contributed by atoms with E-state index in [0.717, 1.165) is 10.4 Å². The standard InChI is InChI=1S/C21H23ClFN3O5S/c1-14-11-16(7-8-18(14)23)32(29,30)26-9-4-10-31-19(26)13-25-21(28)20(27)24-12-15-5-2-3-6-17(15)22/h2-3,5-8,11,19H,4,9-10,12-13H2,1H3,(H,24,27)(H,25,28)/t19-/m0/s1. The lowest BCUT2D eigenvalue weighted by Crippen LogP contribution is -2.53. The lowest BCUT2D eigenvalue weighted by Gasteiger charge is -2.34. The number of aryl methyl sites for hydroxylation is 1. The molecule has 1 saturated heterocycles. The minimum atomic E-state index is -3.99. The maximum atomic E-state index is 13.6. The Bertz CT molecular complexity index is 1110. The molecule has 1 heterocycles. The van der Waals surface area contributed by atoms with Crippen LogP contribution in [0.5, 0.6) is 0 Å². The predicted octanol–water partition coefficient (Wildman–Crippen LogP) is 1.96. The Labute approximate surface area is 190 Å². The van der Waals surface area contributed by atoms with E-state index in [-0.39, 0.29) is 30.1 Å². The molecule has 11 heteroatoms. The van der Waals surface area contributed by atoms with Crippen LogP contribution in [-0.4, -0.2) is 50.5 Å². The van der Waals surface area contributed by atoms with Crippen molar-refractivity contribution in [2.75, 3.05) is 19.7 Å². The number of rotatable bonds is 6. The molecular formula is C21H23ClFN3O5S. The second-order valence-electron chi connectivity index (χ2n) is 7.19. The number of carbonyl (C=O) groups is 2. The number of ether oxygens (including phenoxy) is 1. The number of nitrogens with one attached hydrogen (secondary N) is 2. The maximum Gasteiger partial charge on any atom is 0.309 e. The van der Waals surface area contributed by atoms with E-state index in [2.05, 4.69) is 10.6 Å². The molecule has 2 aromatic rings. The van der Waals surface area contributed by atoms with Crippen molar-refractivity contribution in [1.29, 1.82) is 0 Å². The summed E-state index contributed by atoms with van der Waals surface area (Å²) >= 11 is 6.03. The Morgan fingerprint density at radius 3 is 2.62 bits per heavy atom. The fourth-order valence-corrected chi connectivity index (χ4v) is 5.03. The van der Waals surface area contributed by atoms with Crippen molar-refractivity contribution in [2.24, 2.45) is 0 Å². The number of hydrogen-bond donors (Lipinski definition) is 2. The van der Waals surface area contributed by atoms with Crippen molar-refractivity contribution in [3.8, 4) is 0 Å². The summed E-state index contributed by atoms with van der Waals surface area (Å²) in [6.07, 6.45) is -0.540. The zero-order valence-corrected chi connectivity index (χ0v) is 18.9. The molecule has 1 atom stereocenters. The second kappa shape index (κ2) is 10.4. The Morgan fingerprint density at radius 2 is 1.91 bits per heavy atom. The molecule has 8 nitrogen and oxygen atoms in total. The van der Waals surface area contributed by atoms with Gasteiger partial charge in [0.05, 0.1) is 18.0 Å². The topological polar surface area (TPSA) is 105 Å². The van der Waals surface area contributed by atoms with Crippen molar-refractivity contribution < 1.29 is 27.1 Å². The first-order chi connectivity index (χ1) is 15.2. The number of benzene rings is 2. The highest BCUT2D eigenvalue weighted by molar-refractivity contribution is 7.89. The van der Waals surface area contributed by atoms with E-state index in [1.165, 1.54) is 19.1 Å². The van der Waals surface area contributed by atoms with Gasteiger partial charge in [0.25, 0.3) is 0 Å². The molecule has 0 unspecified atom stereocenters. The normalized spacial score (nSPS) is 17.0. The molecule has 2 amide bonds. The van der Waals surface area contributed by atoms with Gasteiger partial charge < -0.3 is 15.4 Å². The molecule has 1 fully saturated rings. The van der Waals surface area contributed by atoms with Crippen LogP contribution in [-0.2, 0) is 30.9 Å². The van der Waals surface area contributed by atoms with E-state index in [1.807, 2.05) is 0 Å². The summed E-state index contributed by atoms with van der Waals surface area (Å²) in [4.78, 5) is 24.2. The van der Waals surface area contributed by atoms with Gasteiger partial charge in [0, 0.05) is 18.1 Å². The summed E-state index contributed by atoms with van der Waals surface area (Å²) < 4.78 is 46.3. The summed E-state index contributed by atoms with van der Waals surface area (Å²) in [6.45, 7) is 1.78. The average Bonchev–Trinajstić information content (AvgIpc) is 2.78. The van der Waals surface area contributed by atoms with Crippen LogP contribution in [0.25, 0.3) is 0 Å². The van der Waals surface area contributed by atoms with Gasteiger partial charge in [-0.25, -0.2) is 12.8 Å². The largest absolute Gasteiger partial charge is 0.360 e. The van der Waals surface area contributed by atoms with Crippen LogP contribution in [0, 0.1) is 12.7 Å². The zero-order valence-electron chi connectivity index (χ0n) is 17.3. The summed E-state index contributed by atoms with van der Waals surface area (Å²) in [7, 11) is -3.99. The van der Waals surface area contributed by atoms with Crippen molar-refractivity contribution in [3.05, 3.63) is 64.4 Å². The van der Waals surface area contributed by atoms with Gasteiger partial charge in [-0.2, -0.15) is 4.31 Å². The number of carbonyl (C=O) groups excluding carboxylic acids is 2. The third-order valence-electron chi connectivity index (χ3n) is 4.93. The van der Waals surface area contributed by atoms with Gasteiger partial charge in [0.1, 0.15) is 12.0 Å². The molecule has 0 saturated carbocycles. The van der Waals surface area contributed by atoms with Crippen molar-refractivity contribution in [3.63, 3.8) is 0 Å². The quantitative estimate of drug-likeness (QED) is 0.611.